The summed E-state index contributed by atoms with van der Waals surface area (Å²) >= 11 is 0. The molecule has 0 aromatic heterocycles. The smallest absolute Gasteiger partial charge is 0.0177 e. The van der Waals surface area contributed by atoms with E-state index in [4.69, 9.17) is 0 Å². The Hall–Kier alpha value is -0.820. The minimum atomic E-state index is 0.385. The molecule has 70 valence electrons. The lowest BCUT2D eigenvalue weighted by Gasteiger charge is -2.41. The van der Waals surface area contributed by atoms with Crippen molar-refractivity contribution >= 4 is 0 Å². The molecule has 0 unspecified atom stereocenters. The highest BCUT2D eigenvalue weighted by molar-refractivity contribution is 5.38. The Kier molecular flexibility index (Phi) is 1.92. The number of aryl methyl sites for hydroxylation is 2. The molecule has 0 atom stereocenters. The lowest BCUT2D eigenvalue weighted by Crippen LogP contribution is -2.55. The minimum absolute atomic E-state index is 0.385. The maximum Gasteiger partial charge on any atom is 0.0177 e. The fourth-order valence-corrected chi connectivity index (χ4v) is 2.08. The molecule has 0 saturated carbocycles. The first kappa shape index (κ1) is 8.76. The SMILES string of the molecule is Cc1ccc(C)c(C2(C)CNC2)c1. The van der Waals surface area contributed by atoms with Gasteiger partial charge in [-0.05, 0) is 25.0 Å². The van der Waals surface area contributed by atoms with Crippen LogP contribution < -0.4 is 5.32 Å². The van der Waals surface area contributed by atoms with Crippen LogP contribution in [0.15, 0.2) is 18.2 Å². The standard InChI is InChI=1S/C12H17N/c1-9-4-5-10(2)11(6-9)12(3)7-13-8-12/h4-6,13H,7-8H2,1-3H3. The normalized spacial score (nSPS) is 19.6. The molecule has 0 amide bonds. The lowest BCUT2D eigenvalue weighted by atomic mass is 9.75. The van der Waals surface area contributed by atoms with E-state index in [2.05, 4.69) is 44.3 Å². The number of benzene rings is 1. The van der Waals surface area contributed by atoms with Gasteiger partial charge in [0.25, 0.3) is 0 Å². The van der Waals surface area contributed by atoms with E-state index < -0.39 is 0 Å². The highest BCUT2D eigenvalue weighted by Crippen LogP contribution is 2.30. The van der Waals surface area contributed by atoms with Gasteiger partial charge in [0, 0.05) is 18.5 Å². The summed E-state index contributed by atoms with van der Waals surface area (Å²) < 4.78 is 0. The molecule has 1 fully saturated rings. The average molecular weight is 175 g/mol. The van der Waals surface area contributed by atoms with Gasteiger partial charge in [-0.1, -0.05) is 30.7 Å². The fourth-order valence-electron chi connectivity index (χ4n) is 2.08. The van der Waals surface area contributed by atoms with Crippen LogP contribution in [-0.2, 0) is 5.41 Å². The second-order valence-corrected chi connectivity index (χ2v) is 4.48. The number of nitrogens with one attached hydrogen (secondary N) is 1. The van der Waals surface area contributed by atoms with Crippen molar-refractivity contribution in [3.05, 3.63) is 34.9 Å². The van der Waals surface area contributed by atoms with Gasteiger partial charge in [0.2, 0.25) is 0 Å². The highest BCUT2D eigenvalue weighted by Gasteiger charge is 2.34. The molecule has 2 rings (SSSR count). The van der Waals surface area contributed by atoms with Crippen LogP contribution in [0.4, 0.5) is 0 Å². The Morgan fingerprint density at radius 3 is 2.46 bits per heavy atom. The molecular formula is C12H17N. The minimum Gasteiger partial charge on any atom is -0.315 e. The lowest BCUT2D eigenvalue weighted by molar-refractivity contribution is 0.304. The Labute approximate surface area is 80.2 Å². The molecule has 1 nitrogen and oxygen atoms in total. The topological polar surface area (TPSA) is 12.0 Å². The molecule has 0 aliphatic carbocycles. The van der Waals surface area contributed by atoms with Crippen molar-refractivity contribution in [3.8, 4) is 0 Å². The highest BCUT2D eigenvalue weighted by atomic mass is 15.0. The van der Waals surface area contributed by atoms with E-state index in [1.165, 1.54) is 16.7 Å². The van der Waals surface area contributed by atoms with Crippen molar-refractivity contribution in [2.24, 2.45) is 0 Å². The van der Waals surface area contributed by atoms with Gasteiger partial charge in [0.1, 0.15) is 0 Å². The van der Waals surface area contributed by atoms with E-state index in [0.717, 1.165) is 13.1 Å². The second kappa shape index (κ2) is 2.85. The van der Waals surface area contributed by atoms with Gasteiger partial charge >= 0.3 is 0 Å². The molecule has 1 N–H and O–H groups in total. The van der Waals surface area contributed by atoms with Gasteiger partial charge in [-0.3, -0.25) is 0 Å². The van der Waals surface area contributed by atoms with Gasteiger partial charge in [-0.25, -0.2) is 0 Å². The van der Waals surface area contributed by atoms with Crippen molar-refractivity contribution in [3.63, 3.8) is 0 Å². The third-order valence-corrected chi connectivity index (χ3v) is 3.07. The van der Waals surface area contributed by atoms with Crippen LogP contribution in [0.5, 0.6) is 0 Å². The number of hydrogen-bond acceptors (Lipinski definition) is 1. The average Bonchev–Trinajstić information content (AvgIpc) is 2.05. The second-order valence-electron chi connectivity index (χ2n) is 4.48. The third-order valence-electron chi connectivity index (χ3n) is 3.07. The summed E-state index contributed by atoms with van der Waals surface area (Å²) in [6.45, 7) is 8.95. The van der Waals surface area contributed by atoms with Crippen LogP contribution in [0.3, 0.4) is 0 Å². The molecule has 1 aromatic rings. The first-order valence-electron chi connectivity index (χ1n) is 4.90. The summed E-state index contributed by atoms with van der Waals surface area (Å²) in [6, 6.07) is 6.75. The van der Waals surface area contributed by atoms with E-state index in [1.807, 2.05) is 0 Å². The quantitative estimate of drug-likeness (QED) is 0.689. The van der Waals surface area contributed by atoms with Crippen LogP contribution in [0.2, 0.25) is 0 Å². The largest absolute Gasteiger partial charge is 0.315 e. The van der Waals surface area contributed by atoms with Crippen LogP contribution >= 0.6 is 0 Å². The molecule has 0 spiro atoms. The van der Waals surface area contributed by atoms with Gasteiger partial charge < -0.3 is 5.32 Å². The summed E-state index contributed by atoms with van der Waals surface area (Å²) in [5.41, 5.74) is 4.70. The molecule has 1 aliphatic rings. The van der Waals surface area contributed by atoms with Crippen LogP contribution in [0, 0.1) is 13.8 Å². The third kappa shape index (κ3) is 1.37. The summed E-state index contributed by atoms with van der Waals surface area (Å²) in [5, 5.41) is 3.35. The van der Waals surface area contributed by atoms with Crippen molar-refractivity contribution in [1.82, 2.24) is 5.32 Å². The first-order valence-corrected chi connectivity index (χ1v) is 4.90. The Morgan fingerprint density at radius 2 is 1.92 bits per heavy atom. The molecule has 1 saturated heterocycles. The maximum atomic E-state index is 3.35. The molecule has 1 aromatic carbocycles. The maximum absolute atomic E-state index is 3.35. The van der Waals surface area contributed by atoms with Crippen molar-refractivity contribution < 1.29 is 0 Å². The zero-order valence-electron chi connectivity index (χ0n) is 8.65. The van der Waals surface area contributed by atoms with Crippen molar-refractivity contribution in [2.75, 3.05) is 13.1 Å². The predicted molar refractivity (Wildman–Crippen MR) is 56.1 cm³/mol. The zero-order chi connectivity index (χ0) is 9.47. The van der Waals surface area contributed by atoms with Crippen molar-refractivity contribution in [2.45, 2.75) is 26.2 Å². The van der Waals surface area contributed by atoms with Crippen molar-refractivity contribution in [1.29, 1.82) is 0 Å². The van der Waals surface area contributed by atoms with Gasteiger partial charge in [-0.2, -0.15) is 0 Å². The Morgan fingerprint density at radius 1 is 1.23 bits per heavy atom. The molecule has 1 heteroatoms. The van der Waals surface area contributed by atoms with E-state index in [1.54, 1.807) is 0 Å². The number of hydrogen-bond donors (Lipinski definition) is 1. The fraction of sp³-hybridized carbons (Fsp3) is 0.500. The Balaban J connectivity index is 2.43. The molecule has 1 heterocycles. The summed E-state index contributed by atoms with van der Waals surface area (Å²) in [5.74, 6) is 0. The monoisotopic (exact) mass is 175 g/mol. The Bertz CT molecular complexity index is 324. The summed E-state index contributed by atoms with van der Waals surface area (Å²) in [7, 11) is 0. The zero-order valence-corrected chi connectivity index (χ0v) is 8.65. The summed E-state index contributed by atoms with van der Waals surface area (Å²) in [4.78, 5) is 0. The van der Waals surface area contributed by atoms with Crippen LogP contribution in [0.1, 0.15) is 23.6 Å². The van der Waals surface area contributed by atoms with E-state index in [9.17, 15) is 0 Å². The van der Waals surface area contributed by atoms with Gasteiger partial charge in [0.05, 0.1) is 0 Å². The van der Waals surface area contributed by atoms with E-state index >= 15 is 0 Å². The molecule has 1 aliphatic heterocycles. The predicted octanol–water partition coefficient (Wildman–Crippen LogP) is 2.16. The van der Waals surface area contributed by atoms with E-state index in [-0.39, 0.29) is 0 Å². The van der Waals surface area contributed by atoms with Gasteiger partial charge in [0.15, 0.2) is 0 Å². The number of rotatable bonds is 1. The molecule has 0 bridgehead atoms. The molecule has 0 radical (unpaired) electrons. The van der Waals surface area contributed by atoms with Gasteiger partial charge in [-0.15, -0.1) is 0 Å². The van der Waals surface area contributed by atoms with Crippen LogP contribution in [-0.4, -0.2) is 13.1 Å². The summed E-state index contributed by atoms with van der Waals surface area (Å²) in [6.07, 6.45) is 0. The molecule has 13 heavy (non-hydrogen) atoms. The first-order chi connectivity index (χ1) is 6.12. The van der Waals surface area contributed by atoms with Crippen LogP contribution in [0.25, 0.3) is 0 Å². The molecular weight excluding hydrogens is 158 g/mol. The van der Waals surface area contributed by atoms with E-state index in [0.29, 0.717) is 5.41 Å².